The van der Waals surface area contributed by atoms with Crippen LogP contribution in [0.25, 0.3) is 0 Å². The van der Waals surface area contributed by atoms with Crippen molar-refractivity contribution in [1.29, 1.82) is 0 Å². The Hall–Kier alpha value is -1.35. The first-order chi connectivity index (χ1) is 12.5. The Labute approximate surface area is 162 Å². The Bertz CT molecular complexity index is 622. The van der Waals surface area contributed by atoms with Crippen molar-refractivity contribution in [3.8, 4) is 0 Å². The molecule has 144 valence electrons. The monoisotopic (exact) mass is 397 g/mol. The quantitative estimate of drug-likeness (QED) is 0.740. The van der Waals surface area contributed by atoms with E-state index >= 15 is 0 Å². The molecule has 0 unspecified atom stereocenters. The third-order valence-corrected chi connectivity index (χ3v) is 6.86. The summed E-state index contributed by atoms with van der Waals surface area (Å²) in [6.45, 7) is 7.00. The van der Waals surface area contributed by atoms with Crippen LogP contribution in [0.15, 0.2) is 4.34 Å². The summed E-state index contributed by atoms with van der Waals surface area (Å²) in [4.78, 5) is 28.4. The number of carbonyl (C=O) groups is 2. The van der Waals surface area contributed by atoms with Crippen molar-refractivity contribution in [2.24, 2.45) is 5.92 Å². The van der Waals surface area contributed by atoms with E-state index in [4.69, 9.17) is 0 Å². The number of hydrogen-bond acceptors (Lipinski definition) is 7. The lowest BCUT2D eigenvalue weighted by Gasteiger charge is -2.35. The van der Waals surface area contributed by atoms with Gasteiger partial charge < -0.3 is 15.1 Å². The van der Waals surface area contributed by atoms with Crippen LogP contribution in [0.1, 0.15) is 39.5 Å². The van der Waals surface area contributed by atoms with Crippen LogP contribution in [-0.4, -0.2) is 64.9 Å². The molecule has 2 aliphatic rings. The highest BCUT2D eigenvalue weighted by atomic mass is 32.2. The molecule has 26 heavy (non-hydrogen) atoms. The Morgan fingerprint density at radius 2 is 1.88 bits per heavy atom. The van der Waals surface area contributed by atoms with E-state index in [2.05, 4.69) is 20.4 Å². The number of rotatable bonds is 6. The Morgan fingerprint density at radius 3 is 2.54 bits per heavy atom. The zero-order valence-electron chi connectivity index (χ0n) is 15.4. The largest absolute Gasteiger partial charge is 0.353 e. The molecule has 0 atom stereocenters. The van der Waals surface area contributed by atoms with Gasteiger partial charge in [-0.3, -0.25) is 9.59 Å². The van der Waals surface area contributed by atoms with Gasteiger partial charge in [0, 0.05) is 38.1 Å². The first kappa shape index (κ1) is 19.4. The highest BCUT2D eigenvalue weighted by molar-refractivity contribution is 8.01. The molecule has 9 heteroatoms. The van der Waals surface area contributed by atoms with E-state index in [0.717, 1.165) is 48.5 Å². The van der Waals surface area contributed by atoms with Crippen LogP contribution in [-0.2, 0) is 9.59 Å². The number of hydrogen-bond donors (Lipinski definition) is 1. The summed E-state index contributed by atoms with van der Waals surface area (Å²) >= 11 is 2.94. The number of anilines is 1. The molecule has 1 aromatic heterocycles. The summed E-state index contributed by atoms with van der Waals surface area (Å²) in [5, 5.41) is 12.2. The zero-order valence-corrected chi connectivity index (χ0v) is 17.1. The van der Waals surface area contributed by atoms with Gasteiger partial charge in [0.05, 0.1) is 5.75 Å². The predicted octanol–water partition coefficient (Wildman–Crippen LogP) is 1.99. The predicted molar refractivity (Wildman–Crippen MR) is 105 cm³/mol. The van der Waals surface area contributed by atoms with Crippen molar-refractivity contribution in [3.05, 3.63) is 0 Å². The van der Waals surface area contributed by atoms with Gasteiger partial charge in [-0.1, -0.05) is 35.9 Å². The molecule has 0 radical (unpaired) electrons. The first-order valence-electron chi connectivity index (χ1n) is 9.32. The van der Waals surface area contributed by atoms with Gasteiger partial charge in [0.1, 0.15) is 0 Å². The number of piperazine rings is 1. The van der Waals surface area contributed by atoms with Gasteiger partial charge >= 0.3 is 0 Å². The number of amides is 2. The van der Waals surface area contributed by atoms with E-state index in [0.29, 0.717) is 11.7 Å². The molecule has 1 N–H and O–H groups in total. The van der Waals surface area contributed by atoms with Crippen molar-refractivity contribution < 1.29 is 9.59 Å². The maximum absolute atomic E-state index is 12.5. The smallest absolute Gasteiger partial charge is 0.230 e. The van der Waals surface area contributed by atoms with Crippen LogP contribution in [0.3, 0.4) is 0 Å². The number of nitrogens with zero attached hydrogens (tertiary/aromatic N) is 4. The van der Waals surface area contributed by atoms with E-state index in [1.807, 2.05) is 18.7 Å². The van der Waals surface area contributed by atoms with Gasteiger partial charge in [-0.05, 0) is 26.7 Å². The summed E-state index contributed by atoms with van der Waals surface area (Å²) in [5.41, 5.74) is 0. The van der Waals surface area contributed by atoms with E-state index < -0.39 is 0 Å². The number of thioether (sulfide) groups is 1. The lowest BCUT2D eigenvalue weighted by Crippen LogP contribution is -2.50. The van der Waals surface area contributed by atoms with Gasteiger partial charge in [-0.15, -0.1) is 10.2 Å². The van der Waals surface area contributed by atoms with Gasteiger partial charge in [0.2, 0.25) is 16.9 Å². The van der Waals surface area contributed by atoms with E-state index in [1.165, 1.54) is 35.9 Å². The van der Waals surface area contributed by atoms with Gasteiger partial charge in [-0.25, -0.2) is 0 Å². The summed E-state index contributed by atoms with van der Waals surface area (Å²) < 4.78 is 0.809. The molecule has 0 bridgehead atoms. The summed E-state index contributed by atoms with van der Waals surface area (Å²) in [7, 11) is 0. The summed E-state index contributed by atoms with van der Waals surface area (Å²) in [6, 6.07) is 0.149. The summed E-state index contributed by atoms with van der Waals surface area (Å²) in [6.07, 6.45) is 4.49. The molecule has 1 aromatic rings. The van der Waals surface area contributed by atoms with Crippen LogP contribution in [0.2, 0.25) is 0 Å². The molecular formula is C17H27N5O2S2. The number of aromatic nitrogens is 2. The van der Waals surface area contributed by atoms with Crippen LogP contribution >= 0.6 is 23.1 Å². The molecular weight excluding hydrogens is 370 g/mol. The highest BCUT2D eigenvalue weighted by Crippen LogP contribution is 2.30. The third-order valence-electron chi connectivity index (χ3n) is 4.74. The van der Waals surface area contributed by atoms with Crippen LogP contribution in [0.4, 0.5) is 5.13 Å². The standard InChI is InChI=1S/C17H27N5O2S2/c1-12(2)18-14(23)11-25-17-20-19-16(26-17)22-9-7-21(8-10-22)15(24)13-5-3-4-6-13/h12-13H,3-11H2,1-2H3,(H,18,23). The molecule has 0 aromatic carbocycles. The van der Waals surface area contributed by atoms with Crippen LogP contribution in [0, 0.1) is 5.92 Å². The van der Waals surface area contributed by atoms with Crippen LogP contribution in [0.5, 0.6) is 0 Å². The van der Waals surface area contributed by atoms with E-state index in [9.17, 15) is 9.59 Å². The SMILES string of the molecule is CC(C)NC(=O)CSc1nnc(N2CCN(C(=O)C3CCCC3)CC2)s1. The molecule has 0 spiro atoms. The fraction of sp³-hybridized carbons (Fsp3) is 0.765. The fourth-order valence-electron chi connectivity index (χ4n) is 3.43. The Balaban J connectivity index is 1.45. The lowest BCUT2D eigenvalue weighted by atomic mass is 10.1. The van der Waals surface area contributed by atoms with Crippen molar-refractivity contribution in [2.45, 2.75) is 49.9 Å². The minimum absolute atomic E-state index is 0.0146. The molecule has 1 aliphatic heterocycles. The minimum atomic E-state index is 0.0146. The van der Waals surface area contributed by atoms with Gasteiger partial charge in [0.15, 0.2) is 4.34 Å². The normalized spacial score (nSPS) is 18.6. The molecule has 7 nitrogen and oxygen atoms in total. The van der Waals surface area contributed by atoms with Gasteiger partial charge in [-0.2, -0.15) is 0 Å². The molecule has 2 fully saturated rings. The van der Waals surface area contributed by atoms with Crippen molar-refractivity contribution in [2.75, 3.05) is 36.8 Å². The second-order valence-electron chi connectivity index (χ2n) is 7.16. The topological polar surface area (TPSA) is 78.4 Å². The first-order valence-corrected chi connectivity index (χ1v) is 11.1. The maximum Gasteiger partial charge on any atom is 0.230 e. The second-order valence-corrected chi connectivity index (χ2v) is 9.33. The van der Waals surface area contributed by atoms with Crippen molar-refractivity contribution in [1.82, 2.24) is 20.4 Å². The van der Waals surface area contributed by atoms with Crippen molar-refractivity contribution in [3.63, 3.8) is 0 Å². The lowest BCUT2D eigenvalue weighted by molar-refractivity contribution is -0.135. The summed E-state index contributed by atoms with van der Waals surface area (Å²) in [5.74, 6) is 0.965. The molecule has 1 aliphatic carbocycles. The molecule has 1 saturated heterocycles. The number of carbonyl (C=O) groups excluding carboxylic acids is 2. The highest BCUT2D eigenvalue weighted by Gasteiger charge is 2.30. The Kier molecular flexibility index (Phi) is 6.74. The molecule has 2 amide bonds. The molecule has 2 heterocycles. The molecule has 1 saturated carbocycles. The number of nitrogens with one attached hydrogen (secondary N) is 1. The van der Waals surface area contributed by atoms with E-state index in [1.54, 1.807) is 0 Å². The van der Waals surface area contributed by atoms with Gasteiger partial charge in [0.25, 0.3) is 0 Å². The van der Waals surface area contributed by atoms with Crippen molar-refractivity contribution >= 4 is 40.0 Å². The molecule has 3 rings (SSSR count). The van der Waals surface area contributed by atoms with Crippen LogP contribution < -0.4 is 10.2 Å². The second kappa shape index (κ2) is 9.03. The zero-order chi connectivity index (χ0) is 18.5. The fourth-order valence-corrected chi connectivity index (χ4v) is 5.13. The average molecular weight is 398 g/mol. The third kappa shape index (κ3) is 5.09. The maximum atomic E-state index is 12.5. The minimum Gasteiger partial charge on any atom is -0.353 e. The average Bonchev–Trinajstić information content (AvgIpc) is 3.31. The Morgan fingerprint density at radius 1 is 1.19 bits per heavy atom. The van der Waals surface area contributed by atoms with E-state index in [-0.39, 0.29) is 17.9 Å².